The van der Waals surface area contributed by atoms with Gasteiger partial charge in [0.25, 0.3) is 5.91 Å². The number of nitrogens with zero attached hydrogens (tertiary/aromatic N) is 1. The molecule has 0 aliphatic carbocycles. The molecule has 6 heteroatoms. The van der Waals surface area contributed by atoms with E-state index < -0.39 is 0 Å². The van der Waals surface area contributed by atoms with E-state index in [1.807, 2.05) is 19.1 Å². The minimum Gasteiger partial charge on any atom is -0.490 e. The smallest absolute Gasteiger partial charge is 0.251 e. The van der Waals surface area contributed by atoms with Gasteiger partial charge in [0.15, 0.2) is 11.5 Å². The molecule has 1 fully saturated rings. The van der Waals surface area contributed by atoms with Gasteiger partial charge in [-0.15, -0.1) is 0 Å². The Morgan fingerprint density at radius 2 is 2.23 bits per heavy atom. The van der Waals surface area contributed by atoms with Crippen LogP contribution in [0.5, 0.6) is 11.5 Å². The SMILES string of the molecule is CCOc1cc(C(=O)NC2CCCNC2)ccc1OCc1cccnc1. The van der Waals surface area contributed by atoms with Crippen molar-refractivity contribution in [2.24, 2.45) is 0 Å². The third-order valence-electron chi connectivity index (χ3n) is 4.25. The van der Waals surface area contributed by atoms with Crippen LogP contribution in [-0.2, 0) is 6.61 Å². The first-order chi connectivity index (χ1) is 12.8. The molecule has 1 aromatic carbocycles. The Hall–Kier alpha value is -2.60. The lowest BCUT2D eigenvalue weighted by atomic mass is 10.1. The molecule has 1 amide bonds. The van der Waals surface area contributed by atoms with Crippen LogP contribution < -0.4 is 20.1 Å². The maximum absolute atomic E-state index is 12.5. The zero-order valence-electron chi connectivity index (χ0n) is 15.0. The summed E-state index contributed by atoms with van der Waals surface area (Å²) < 4.78 is 11.5. The molecule has 0 spiro atoms. The highest BCUT2D eigenvalue weighted by molar-refractivity contribution is 5.95. The Morgan fingerprint density at radius 1 is 1.31 bits per heavy atom. The third-order valence-corrected chi connectivity index (χ3v) is 4.25. The molecule has 1 saturated heterocycles. The third kappa shape index (κ3) is 4.95. The Labute approximate surface area is 153 Å². The van der Waals surface area contributed by atoms with E-state index in [4.69, 9.17) is 9.47 Å². The van der Waals surface area contributed by atoms with Crippen molar-refractivity contribution in [1.29, 1.82) is 0 Å². The summed E-state index contributed by atoms with van der Waals surface area (Å²) in [5.41, 5.74) is 1.55. The van der Waals surface area contributed by atoms with Crippen molar-refractivity contribution < 1.29 is 14.3 Å². The maximum Gasteiger partial charge on any atom is 0.251 e. The first-order valence-electron chi connectivity index (χ1n) is 9.06. The van der Waals surface area contributed by atoms with Crippen LogP contribution in [0, 0.1) is 0 Å². The van der Waals surface area contributed by atoms with Crippen LogP contribution in [0.2, 0.25) is 0 Å². The monoisotopic (exact) mass is 355 g/mol. The summed E-state index contributed by atoms with van der Waals surface area (Å²) >= 11 is 0. The average Bonchev–Trinajstić information content (AvgIpc) is 2.69. The summed E-state index contributed by atoms with van der Waals surface area (Å²) in [5.74, 6) is 1.11. The normalized spacial score (nSPS) is 16.7. The van der Waals surface area contributed by atoms with Gasteiger partial charge in [0.1, 0.15) is 6.61 Å². The minimum atomic E-state index is -0.0848. The van der Waals surface area contributed by atoms with Crippen LogP contribution in [0.25, 0.3) is 0 Å². The zero-order chi connectivity index (χ0) is 18.2. The van der Waals surface area contributed by atoms with E-state index in [2.05, 4.69) is 15.6 Å². The van der Waals surface area contributed by atoms with Gasteiger partial charge in [-0.1, -0.05) is 6.07 Å². The molecule has 1 unspecified atom stereocenters. The predicted octanol–water partition coefficient (Wildman–Crippen LogP) is 2.54. The van der Waals surface area contributed by atoms with Gasteiger partial charge in [-0.05, 0) is 50.6 Å². The van der Waals surface area contributed by atoms with E-state index in [9.17, 15) is 4.79 Å². The number of nitrogens with one attached hydrogen (secondary N) is 2. The number of pyridine rings is 1. The first-order valence-corrected chi connectivity index (χ1v) is 9.06. The van der Waals surface area contributed by atoms with Crippen LogP contribution >= 0.6 is 0 Å². The molecule has 1 aliphatic heterocycles. The largest absolute Gasteiger partial charge is 0.490 e. The van der Waals surface area contributed by atoms with Crippen molar-refractivity contribution in [1.82, 2.24) is 15.6 Å². The number of benzene rings is 1. The van der Waals surface area contributed by atoms with E-state index in [-0.39, 0.29) is 11.9 Å². The number of hydrogen-bond donors (Lipinski definition) is 2. The second kappa shape index (κ2) is 9.20. The molecule has 1 aromatic heterocycles. The summed E-state index contributed by atoms with van der Waals surface area (Å²) in [5, 5.41) is 6.38. The van der Waals surface area contributed by atoms with Crippen LogP contribution in [0.15, 0.2) is 42.7 Å². The molecule has 3 rings (SSSR count). The minimum absolute atomic E-state index is 0.0848. The standard InChI is InChI=1S/C20H25N3O3/c1-2-25-19-11-16(20(24)23-17-6-4-10-22-13-17)7-8-18(19)26-14-15-5-3-9-21-12-15/h3,5,7-9,11-12,17,22H,2,4,6,10,13-14H2,1H3,(H,23,24). The van der Waals surface area contributed by atoms with Gasteiger partial charge in [-0.2, -0.15) is 0 Å². The highest BCUT2D eigenvalue weighted by Gasteiger charge is 2.18. The molecule has 6 nitrogen and oxygen atoms in total. The molecule has 26 heavy (non-hydrogen) atoms. The second-order valence-electron chi connectivity index (χ2n) is 6.26. The molecule has 0 bridgehead atoms. The van der Waals surface area contributed by atoms with Crippen molar-refractivity contribution in [3.05, 3.63) is 53.9 Å². The lowest BCUT2D eigenvalue weighted by Gasteiger charge is -2.24. The van der Waals surface area contributed by atoms with E-state index in [1.165, 1.54) is 0 Å². The average molecular weight is 355 g/mol. The molecule has 1 atom stereocenters. The highest BCUT2D eigenvalue weighted by Crippen LogP contribution is 2.29. The molecular formula is C20H25N3O3. The van der Waals surface area contributed by atoms with Crippen molar-refractivity contribution in [3.8, 4) is 11.5 Å². The van der Waals surface area contributed by atoms with E-state index in [0.717, 1.165) is 31.5 Å². The molecule has 2 N–H and O–H groups in total. The van der Waals surface area contributed by atoms with E-state index in [1.54, 1.807) is 30.6 Å². The molecule has 2 aromatic rings. The number of piperidine rings is 1. The Bertz CT molecular complexity index is 715. The van der Waals surface area contributed by atoms with Crippen LogP contribution in [0.3, 0.4) is 0 Å². The van der Waals surface area contributed by atoms with Crippen LogP contribution in [-0.4, -0.2) is 36.6 Å². The van der Waals surface area contributed by atoms with Crippen molar-refractivity contribution in [3.63, 3.8) is 0 Å². The van der Waals surface area contributed by atoms with Gasteiger partial charge in [-0.25, -0.2) is 0 Å². The molecule has 0 radical (unpaired) electrons. The molecule has 138 valence electrons. The molecular weight excluding hydrogens is 330 g/mol. The van der Waals surface area contributed by atoms with Gasteiger partial charge in [0.2, 0.25) is 0 Å². The van der Waals surface area contributed by atoms with E-state index in [0.29, 0.717) is 30.3 Å². The number of hydrogen-bond acceptors (Lipinski definition) is 5. The number of carbonyl (C=O) groups is 1. The number of amides is 1. The molecule has 0 saturated carbocycles. The zero-order valence-corrected chi connectivity index (χ0v) is 15.0. The topological polar surface area (TPSA) is 72.5 Å². The summed E-state index contributed by atoms with van der Waals surface area (Å²) in [7, 11) is 0. The van der Waals surface area contributed by atoms with E-state index >= 15 is 0 Å². The lowest BCUT2D eigenvalue weighted by Crippen LogP contribution is -2.45. The first kappa shape index (κ1) is 18.2. The van der Waals surface area contributed by atoms with Gasteiger partial charge in [-0.3, -0.25) is 9.78 Å². The van der Waals surface area contributed by atoms with Crippen LogP contribution in [0.4, 0.5) is 0 Å². The second-order valence-corrected chi connectivity index (χ2v) is 6.26. The maximum atomic E-state index is 12.5. The van der Waals surface area contributed by atoms with Gasteiger partial charge >= 0.3 is 0 Å². The van der Waals surface area contributed by atoms with Crippen molar-refractivity contribution in [2.45, 2.75) is 32.4 Å². The summed E-state index contributed by atoms with van der Waals surface area (Å²) in [6.07, 6.45) is 5.57. The number of aromatic nitrogens is 1. The van der Waals surface area contributed by atoms with Gasteiger partial charge < -0.3 is 20.1 Å². The Kier molecular flexibility index (Phi) is 6.44. The number of rotatable bonds is 7. The fourth-order valence-electron chi connectivity index (χ4n) is 2.93. The van der Waals surface area contributed by atoms with Gasteiger partial charge in [0, 0.05) is 36.1 Å². The summed E-state index contributed by atoms with van der Waals surface area (Å²) in [4.78, 5) is 16.6. The Balaban J connectivity index is 1.67. The molecule has 1 aliphatic rings. The number of ether oxygens (including phenoxy) is 2. The number of carbonyl (C=O) groups excluding carboxylic acids is 1. The van der Waals surface area contributed by atoms with Crippen LogP contribution in [0.1, 0.15) is 35.7 Å². The fraction of sp³-hybridized carbons (Fsp3) is 0.400. The summed E-state index contributed by atoms with van der Waals surface area (Å²) in [6, 6.07) is 9.30. The predicted molar refractivity (Wildman–Crippen MR) is 99.5 cm³/mol. The Morgan fingerprint density at radius 3 is 2.96 bits per heavy atom. The summed E-state index contributed by atoms with van der Waals surface area (Å²) in [6.45, 7) is 4.64. The van der Waals surface area contributed by atoms with Crippen molar-refractivity contribution >= 4 is 5.91 Å². The quantitative estimate of drug-likeness (QED) is 0.799. The fourth-order valence-corrected chi connectivity index (χ4v) is 2.93. The highest BCUT2D eigenvalue weighted by atomic mass is 16.5. The molecule has 2 heterocycles. The van der Waals surface area contributed by atoms with Crippen molar-refractivity contribution in [2.75, 3.05) is 19.7 Å². The van der Waals surface area contributed by atoms with Gasteiger partial charge in [0.05, 0.1) is 6.61 Å². The lowest BCUT2D eigenvalue weighted by molar-refractivity contribution is 0.0930.